The van der Waals surface area contributed by atoms with Crippen molar-refractivity contribution in [1.29, 1.82) is 0 Å². The standard InChI is InChI=1S/C28H35F3N2O6/c1-2-37-25(26(34)35)19-21-11-13-22(14-12-21)38-18-17-33(16-15-20-7-3-4-8-20)27(36)32-23-9-5-6-10-24(23)39-28(29,30)31/h5-6,9-14,20,25H,2-4,7-8,15-19H2,1H3,(H,32,36)(H,34,35). The summed E-state index contributed by atoms with van der Waals surface area (Å²) in [5, 5.41) is 11.8. The van der Waals surface area contributed by atoms with Crippen LogP contribution < -0.4 is 14.8 Å². The average molecular weight is 553 g/mol. The lowest BCUT2D eigenvalue weighted by Gasteiger charge is -2.25. The molecule has 2 aromatic carbocycles. The molecule has 2 aromatic rings. The first-order valence-electron chi connectivity index (χ1n) is 13.1. The molecule has 3 rings (SSSR count). The summed E-state index contributed by atoms with van der Waals surface area (Å²) in [5.74, 6) is -0.455. The number of carboxylic acids is 1. The van der Waals surface area contributed by atoms with E-state index in [4.69, 9.17) is 9.47 Å². The number of halogens is 3. The van der Waals surface area contributed by atoms with E-state index < -0.39 is 30.2 Å². The Bertz CT molecular complexity index is 1060. The minimum absolute atomic E-state index is 0.0751. The van der Waals surface area contributed by atoms with Crippen LogP contribution in [0.5, 0.6) is 11.5 Å². The Morgan fingerprint density at radius 3 is 2.41 bits per heavy atom. The van der Waals surface area contributed by atoms with E-state index in [-0.39, 0.29) is 25.3 Å². The van der Waals surface area contributed by atoms with Gasteiger partial charge in [-0.25, -0.2) is 9.59 Å². The minimum Gasteiger partial charge on any atom is -0.492 e. The number of hydrogen-bond donors (Lipinski definition) is 2. The lowest BCUT2D eigenvalue weighted by atomic mass is 10.0. The highest BCUT2D eigenvalue weighted by Gasteiger charge is 2.32. The maximum absolute atomic E-state index is 13.1. The molecule has 1 unspecified atom stereocenters. The number of hydrogen-bond acceptors (Lipinski definition) is 5. The number of nitrogens with one attached hydrogen (secondary N) is 1. The van der Waals surface area contributed by atoms with E-state index >= 15 is 0 Å². The van der Waals surface area contributed by atoms with Gasteiger partial charge in [-0.3, -0.25) is 0 Å². The number of ether oxygens (including phenoxy) is 3. The molecular formula is C28H35F3N2O6. The van der Waals surface area contributed by atoms with Gasteiger partial charge in [-0.15, -0.1) is 13.2 Å². The predicted octanol–water partition coefficient (Wildman–Crippen LogP) is 6.11. The number of benzene rings is 2. The monoisotopic (exact) mass is 552 g/mol. The van der Waals surface area contributed by atoms with Crippen molar-refractivity contribution in [3.63, 3.8) is 0 Å². The second-order valence-corrected chi connectivity index (χ2v) is 9.38. The Kier molecular flexibility index (Phi) is 11.3. The summed E-state index contributed by atoms with van der Waals surface area (Å²) in [4.78, 5) is 25.9. The van der Waals surface area contributed by atoms with Crippen LogP contribution in [0.15, 0.2) is 48.5 Å². The first kappa shape index (κ1) is 30.1. The van der Waals surface area contributed by atoms with Crippen LogP contribution in [0.1, 0.15) is 44.6 Å². The number of amides is 2. The van der Waals surface area contributed by atoms with E-state index in [2.05, 4.69) is 10.1 Å². The van der Waals surface area contributed by atoms with Gasteiger partial charge in [-0.05, 0) is 49.1 Å². The molecule has 0 saturated heterocycles. The topological polar surface area (TPSA) is 97.3 Å². The third-order valence-corrected chi connectivity index (χ3v) is 6.54. The molecule has 2 amide bonds. The van der Waals surface area contributed by atoms with Gasteiger partial charge in [0.1, 0.15) is 12.4 Å². The van der Waals surface area contributed by atoms with Crippen LogP contribution in [0.2, 0.25) is 0 Å². The van der Waals surface area contributed by atoms with E-state index in [1.807, 2.05) is 0 Å². The van der Waals surface area contributed by atoms with Crippen LogP contribution in [0.25, 0.3) is 0 Å². The Morgan fingerprint density at radius 2 is 1.77 bits per heavy atom. The summed E-state index contributed by atoms with van der Waals surface area (Å²) in [6.45, 7) is 2.85. The molecule has 0 aliphatic heterocycles. The number of rotatable bonds is 14. The zero-order valence-electron chi connectivity index (χ0n) is 21.9. The van der Waals surface area contributed by atoms with Crippen LogP contribution >= 0.6 is 0 Å². The highest BCUT2D eigenvalue weighted by molar-refractivity contribution is 5.91. The van der Waals surface area contributed by atoms with E-state index in [0.29, 0.717) is 24.8 Å². The van der Waals surface area contributed by atoms with Crippen LogP contribution in [-0.2, 0) is 16.0 Å². The van der Waals surface area contributed by atoms with Crippen molar-refractivity contribution in [2.75, 3.05) is 31.6 Å². The Hall–Kier alpha value is -3.47. The Morgan fingerprint density at radius 1 is 1.08 bits per heavy atom. The second-order valence-electron chi connectivity index (χ2n) is 9.38. The van der Waals surface area contributed by atoms with E-state index in [0.717, 1.165) is 43.7 Å². The van der Waals surface area contributed by atoms with Gasteiger partial charge in [0.25, 0.3) is 0 Å². The number of nitrogens with zero attached hydrogens (tertiary/aromatic N) is 1. The smallest absolute Gasteiger partial charge is 0.492 e. The van der Waals surface area contributed by atoms with Crippen molar-refractivity contribution >= 4 is 17.7 Å². The van der Waals surface area contributed by atoms with Crippen LogP contribution in [0, 0.1) is 5.92 Å². The largest absolute Gasteiger partial charge is 0.573 e. The lowest BCUT2D eigenvalue weighted by molar-refractivity contribution is -0.274. The van der Waals surface area contributed by atoms with Crippen LogP contribution in [0.4, 0.5) is 23.7 Å². The van der Waals surface area contributed by atoms with Crippen molar-refractivity contribution in [2.45, 2.75) is 57.9 Å². The summed E-state index contributed by atoms with van der Waals surface area (Å²) in [5.41, 5.74) is 0.703. The molecule has 0 radical (unpaired) electrons. The van der Waals surface area contributed by atoms with Gasteiger partial charge in [0.05, 0.1) is 12.2 Å². The van der Waals surface area contributed by atoms with Crippen molar-refractivity contribution < 1.29 is 42.1 Å². The Labute approximate surface area is 226 Å². The van der Waals surface area contributed by atoms with Crippen LogP contribution in [-0.4, -0.2) is 60.8 Å². The summed E-state index contributed by atoms with van der Waals surface area (Å²) in [7, 11) is 0. The SMILES string of the molecule is CCOC(Cc1ccc(OCCN(CCC2CCCC2)C(=O)Nc2ccccc2OC(F)(F)F)cc1)C(=O)O. The van der Waals surface area contributed by atoms with E-state index in [1.165, 1.54) is 23.1 Å². The number of alkyl halides is 3. The number of carbonyl (C=O) groups excluding carboxylic acids is 1. The minimum atomic E-state index is -4.88. The highest BCUT2D eigenvalue weighted by atomic mass is 19.4. The number of carbonyl (C=O) groups is 2. The number of aliphatic carboxylic acids is 1. The van der Waals surface area contributed by atoms with Gasteiger partial charge < -0.3 is 29.5 Å². The molecule has 0 aromatic heterocycles. The normalized spacial score (nSPS) is 14.6. The molecule has 1 saturated carbocycles. The summed E-state index contributed by atoms with van der Waals surface area (Å²) in [6, 6.07) is 11.8. The fourth-order valence-electron chi connectivity index (χ4n) is 4.56. The molecule has 214 valence electrons. The molecule has 0 spiro atoms. The number of urea groups is 1. The van der Waals surface area contributed by atoms with Crippen LogP contribution in [0.3, 0.4) is 0 Å². The molecule has 0 bridgehead atoms. The highest BCUT2D eigenvalue weighted by Crippen LogP contribution is 2.31. The molecule has 1 atom stereocenters. The molecule has 39 heavy (non-hydrogen) atoms. The number of para-hydroxylation sites is 2. The zero-order chi connectivity index (χ0) is 28.3. The molecule has 8 nitrogen and oxygen atoms in total. The molecule has 1 fully saturated rings. The van der Waals surface area contributed by atoms with Gasteiger partial charge in [0.15, 0.2) is 11.9 Å². The van der Waals surface area contributed by atoms with Crippen molar-refractivity contribution in [3.8, 4) is 11.5 Å². The van der Waals surface area contributed by atoms with Gasteiger partial charge >= 0.3 is 18.4 Å². The quantitative estimate of drug-likeness (QED) is 0.294. The second kappa shape index (κ2) is 14.6. The maximum Gasteiger partial charge on any atom is 0.573 e. The summed E-state index contributed by atoms with van der Waals surface area (Å²) < 4.78 is 53.5. The fourth-order valence-corrected chi connectivity index (χ4v) is 4.56. The molecule has 1 aliphatic carbocycles. The third kappa shape index (κ3) is 10.3. The average Bonchev–Trinajstić information content (AvgIpc) is 3.40. The van der Waals surface area contributed by atoms with Gasteiger partial charge in [0.2, 0.25) is 0 Å². The van der Waals surface area contributed by atoms with E-state index in [1.54, 1.807) is 31.2 Å². The Balaban J connectivity index is 1.60. The van der Waals surface area contributed by atoms with Crippen molar-refractivity contribution in [2.24, 2.45) is 5.92 Å². The first-order valence-corrected chi connectivity index (χ1v) is 13.1. The number of anilines is 1. The summed E-state index contributed by atoms with van der Waals surface area (Å²) in [6.07, 6.45) is -0.263. The zero-order valence-corrected chi connectivity index (χ0v) is 21.9. The van der Waals surface area contributed by atoms with Gasteiger partial charge in [-0.2, -0.15) is 0 Å². The molecular weight excluding hydrogens is 517 g/mol. The first-order chi connectivity index (χ1) is 18.6. The molecule has 0 heterocycles. The predicted molar refractivity (Wildman–Crippen MR) is 139 cm³/mol. The fraction of sp³-hybridized carbons (Fsp3) is 0.500. The summed E-state index contributed by atoms with van der Waals surface area (Å²) >= 11 is 0. The molecule has 11 heteroatoms. The molecule has 2 N–H and O–H groups in total. The van der Waals surface area contributed by atoms with Gasteiger partial charge in [-0.1, -0.05) is 49.9 Å². The van der Waals surface area contributed by atoms with Crippen molar-refractivity contribution in [3.05, 3.63) is 54.1 Å². The van der Waals surface area contributed by atoms with Crippen molar-refractivity contribution in [1.82, 2.24) is 4.90 Å². The molecule has 1 aliphatic rings. The maximum atomic E-state index is 13.1. The number of carboxylic acid groups (broad SMARTS) is 1. The third-order valence-electron chi connectivity index (χ3n) is 6.54. The van der Waals surface area contributed by atoms with Gasteiger partial charge in [0, 0.05) is 19.6 Å². The van der Waals surface area contributed by atoms with E-state index in [9.17, 15) is 27.9 Å². The lowest BCUT2D eigenvalue weighted by Crippen LogP contribution is -2.39.